The Balaban J connectivity index is 1.52. The van der Waals surface area contributed by atoms with Crippen molar-refractivity contribution in [1.82, 2.24) is 14.5 Å². The molecule has 0 saturated carbocycles. The van der Waals surface area contributed by atoms with Crippen molar-refractivity contribution in [3.05, 3.63) is 100.0 Å². The van der Waals surface area contributed by atoms with Crippen molar-refractivity contribution in [2.45, 2.75) is 19.0 Å². The van der Waals surface area contributed by atoms with Gasteiger partial charge in [-0.1, -0.05) is 47.5 Å². The topological polar surface area (TPSA) is 88.6 Å². The van der Waals surface area contributed by atoms with E-state index in [1.54, 1.807) is 48.9 Å². The summed E-state index contributed by atoms with van der Waals surface area (Å²) in [4.78, 5) is 32.2. The second-order valence-electron chi connectivity index (χ2n) is 7.97. The molecule has 0 radical (unpaired) electrons. The number of halogens is 2. The maximum Gasteiger partial charge on any atom is 0.290 e. The normalized spacial score (nSPS) is 16.1. The molecule has 1 atom stereocenters. The number of hydrogen-bond donors (Lipinski definition) is 1. The van der Waals surface area contributed by atoms with Gasteiger partial charge in [-0.3, -0.25) is 9.59 Å². The highest BCUT2D eigenvalue weighted by molar-refractivity contribution is 6.42. The average molecular weight is 496 g/mol. The first-order valence-electron chi connectivity index (χ1n) is 10.6. The van der Waals surface area contributed by atoms with Gasteiger partial charge in [0, 0.05) is 30.9 Å². The van der Waals surface area contributed by atoms with Crippen molar-refractivity contribution in [3.63, 3.8) is 0 Å². The lowest BCUT2D eigenvalue weighted by Crippen LogP contribution is -2.32. The second kappa shape index (κ2) is 9.00. The first-order chi connectivity index (χ1) is 16.4. The molecule has 0 unspecified atom stereocenters. The van der Waals surface area contributed by atoms with Crippen molar-refractivity contribution in [2.24, 2.45) is 0 Å². The average Bonchev–Trinajstić information content (AvgIpc) is 3.55. The number of carbonyl (C=O) groups excluding carboxylic acids is 2. The van der Waals surface area contributed by atoms with E-state index in [4.69, 9.17) is 27.6 Å². The van der Waals surface area contributed by atoms with E-state index >= 15 is 0 Å². The largest absolute Gasteiger partial charge is 0.503 e. The summed E-state index contributed by atoms with van der Waals surface area (Å²) in [5.41, 5.74) is 1.05. The molecule has 5 rings (SSSR count). The molecule has 0 bridgehead atoms. The van der Waals surface area contributed by atoms with Gasteiger partial charge >= 0.3 is 0 Å². The Morgan fingerprint density at radius 2 is 1.91 bits per heavy atom. The molecular formula is C25H19Cl2N3O4. The fourth-order valence-electron chi connectivity index (χ4n) is 4.21. The third kappa shape index (κ3) is 3.97. The number of furan rings is 1. The van der Waals surface area contributed by atoms with Crippen LogP contribution in [0.25, 0.3) is 11.0 Å². The van der Waals surface area contributed by atoms with Crippen molar-refractivity contribution in [2.75, 3.05) is 6.54 Å². The van der Waals surface area contributed by atoms with Crippen LogP contribution in [0.2, 0.25) is 10.0 Å². The van der Waals surface area contributed by atoms with Crippen LogP contribution >= 0.6 is 23.2 Å². The third-order valence-electron chi connectivity index (χ3n) is 5.83. The van der Waals surface area contributed by atoms with E-state index in [9.17, 15) is 14.7 Å². The lowest BCUT2D eigenvalue weighted by atomic mass is 9.95. The maximum atomic E-state index is 13.6. The molecule has 172 valence electrons. The minimum atomic E-state index is -0.842. The third-order valence-corrected chi connectivity index (χ3v) is 6.57. The number of para-hydroxylation sites is 1. The Hall–Kier alpha value is -3.55. The van der Waals surface area contributed by atoms with Crippen LogP contribution in [0.5, 0.6) is 0 Å². The highest BCUT2D eigenvalue weighted by Gasteiger charge is 2.44. The zero-order chi connectivity index (χ0) is 23.8. The van der Waals surface area contributed by atoms with Crippen LogP contribution in [0.4, 0.5) is 0 Å². The summed E-state index contributed by atoms with van der Waals surface area (Å²) in [6, 6.07) is 12.9. The molecule has 0 fully saturated rings. The minimum Gasteiger partial charge on any atom is -0.503 e. The molecule has 0 saturated heterocycles. The maximum absolute atomic E-state index is 13.6. The smallest absolute Gasteiger partial charge is 0.290 e. The molecule has 2 aromatic heterocycles. The van der Waals surface area contributed by atoms with E-state index in [-0.39, 0.29) is 16.4 Å². The lowest BCUT2D eigenvalue weighted by molar-refractivity contribution is -0.129. The van der Waals surface area contributed by atoms with Gasteiger partial charge in [0.2, 0.25) is 5.78 Å². The van der Waals surface area contributed by atoms with E-state index in [0.29, 0.717) is 35.7 Å². The number of aromatic nitrogens is 2. The number of fused-ring (bicyclic) bond motifs is 1. The number of aryl methyl sites for hydroxylation is 1. The van der Waals surface area contributed by atoms with Gasteiger partial charge in [-0.05, 0) is 36.2 Å². The van der Waals surface area contributed by atoms with Crippen LogP contribution in [0.3, 0.4) is 0 Å². The summed E-state index contributed by atoms with van der Waals surface area (Å²) >= 11 is 12.4. The lowest BCUT2D eigenvalue weighted by Gasteiger charge is -2.27. The molecule has 3 heterocycles. The van der Waals surface area contributed by atoms with Gasteiger partial charge in [-0.25, -0.2) is 4.98 Å². The van der Waals surface area contributed by atoms with Crippen molar-refractivity contribution in [3.8, 4) is 0 Å². The standard InChI is InChI=1S/C25H19Cl2N3O4/c26-17-7-6-16(12-18(17)27)22-21(23(31)20-13-15-4-1-2-5-19(15)34-20)24(32)25(33)30(22)10-3-9-29-11-8-28-14-29/h1-2,4-8,11-14,22,32H,3,9-10H2/t22-/m0/s1. The van der Waals surface area contributed by atoms with Gasteiger partial charge in [-0.15, -0.1) is 0 Å². The zero-order valence-electron chi connectivity index (χ0n) is 17.8. The Morgan fingerprint density at radius 1 is 1.09 bits per heavy atom. The second-order valence-corrected chi connectivity index (χ2v) is 8.78. The van der Waals surface area contributed by atoms with Crippen LogP contribution in [0, 0.1) is 0 Å². The van der Waals surface area contributed by atoms with Crippen LogP contribution in [0.15, 0.2) is 83.0 Å². The van der Waals surface area contributed by atoms with Crippen LogP contribution in [-0.2, 0) is 11.3 Å². The van der Waals surface area contributed by atoms with Crippen LogP contribution in [-0.4, -0.2) is 37.8 Å². The van der Waals surface area contributed by atoms with Crippen LogP contribution in [0.1, 0.15) is 28.6 Å². The Kier molecular flexibility index (Phi) is 5.89. The summed E-state index contributed by atoms with van der Waals surface area (Å²) in [5.74, 6) is -1.73. The number of amides is 1. The molecule has 7 nitrogen and oxygen atoms in total. The summed E-state index contributed by atoms with van der Waals surface area (Å²) in [5, 5.41) is 12.2. The molecule has 0 spiro atoms. The molecule has 1 N–H and O–H groups in total. The number of carbonyl (C=O) groups is 2. The number of hydrogen-bond acceptors (Lipinski definition) is 5. The van der Waals surface area contributed by atoms with Crippen molar-refractivity contribution < 1.29 is 19.1 Å². The number of rotatable bonds is 7. The molecule has 1 aliphatic heterocycles. The molecule has 34 heavy (non-hydrogen) atoms. The number of aliphatic hydroxyl groups excluding tert-OH is 1. The fourth-order valence-corrected chi connectivity index (χ4v) is 4.52. The summed E-state index contributed by atoms with van der Waals surface area (Å²) in [7, 11) is 0. The van der Waals surface area contributed by atoms with Crippen molar-refractivity contribution >= 4 is 45.9 Å². The van der Waals surface area contributed by atoms with Gasteiger partial charge in [0.05, 0.1) is 28.0 Å². The monoisotopic (exact) mass is 495 g/mol. The number of benzene rings is 2. The summed E-state index contributed by atoms with van der Waals surface area (Å²) in [6.07, 6.45) is 5.78. The van der Waals surface area contributed by atoms with Gasteiger partial charge in [0.15, 0.2) is 11.5 Å². The van der Waals surface area contributed by atoms with E-state index in [0.717, 1.165) is 5.39 Å². The molecule has 2 aromatic carbocycles. The molecule has 9 heteroatoms. The molecule has 1 amide bonds. The summed E-state index contributed by atoms with van der Waals surface area (Å²) < 4.78 is 7.63. The fraction of sp³-hybridized carbons (Fsp3) is 0.160. The number of Topliss-reactive ketones (excluding diaryl/α,β-unsaturated/α-hetero) is 1. The summed E-state index contributed by atoms with van der Waals surface area (Å²) in [6.45, 7) is 0.911. The quantitative estimate of drug-likeness (QED) is 0.337. The minimum absolute atomic E-state index is 0.0425. The van der Waals surface area contributed by atoms with Gasteiger partial charge in [-0.2, -0.15) is 0 Å². The molecule has 4 aromatic rings. The zero-order valence-corrected chi connectivity index (χ0v) is 19.3. The van der Waals surface area contributed by atoms with Crippen molar-refractivity contribution in [1.29, 1.82) is 0 Å². The number of ketones is 1. The van der Waals surface area contributed by atoms with Gasteiger partial charge in [0.25, 0.3) is 5.91 Å². The molecule has 0 aliphatic carbocycles. The van der Waals surface area contributed by atoms with E-state index in [2.05, 4.69) is 4.98 Å². The highest BCUT2D eigenvalue weighted by Crippen LogP contribution is 2.41. The Bertz CT molecular complexity index is 1390. The highest BCUT2D eigenvalue weighted by atomic mass is 35.5. The molecular weight excluding hydrogens is 477 g/mol. The van der Waals surface area contributed by atoms with Gasteiger partial charge in [0.1, 0.15) is 5.58 Å². The van der Waals surface area contributed by atoms with Gasteiger partial charge < -0.3 is 19.0 Å². The predicted octanol–water partition coefficient (Wildman–Crippen LogP) is 5.60. The number of aliphatic hydroxyl groups is 1. The Labute approximate surface area is 204 Å². The van der Waals surface area contributed by atoms with E-state index in [1.807, 2.05) is 22.9 Å². The van der Waals surface area contributed by atoms with E-state index < -0.39 is 23.5 Å². The number of imidazole rings is 1. The molecule has 1 aliphatic rings. The SMILES string of the molecule is O=C(C1=C(O)C(=O)N(CCCn2ccnc2)[C@H]1c1ccc(Cl)c(Cl)c1)c1cc2ccccc2o1. The first kappa shape index (κ1) is 22.3. The first-order valence-corrected chi connectivity index (χ1v) is 11.4. The Morgan fingerprint density at radius 3 is 2.65 bits per heavy atom. The number of nitrogens with zero attached hydrogens (tertiary/aromatic N) is 3. The van der Waals surface area contributed by atoms with E-state index in [1.165, 1.54) is 4.90 Å². The van der Waals surface area contributed by atoms with Crippen LogP contribution < -0.4 is 0 Å². The predicted molar refractivity (Wildman–Crippen MR) is 128 cm³/mol.